The molecular formula is C26H24N2O6. The van der Waals surface area contributed by atoms with Crippen molar-refractivity contribution in [3.05, 3.63) is 83.4 Å². The number of rotatable bonds is 7. The van der Waals surface area contributed by atoms with Crippen LogP contribution in [0.1, 0.15) is 33.2 Å². The third-order valence-electron chi connectivity index (χ3n) is 5.12. The number of esters is 2. The Morgan fingerprint density at radius 3 is 2.26 bits per heavy atom. The van der Waals surface area contributed by atoms with Crippen molar-refractivity contribution < 1.29 is 28.7 Å². The maximum Gasteiger partial charge on any atom is 0.339 e. The van der Waals surface area contributed by atoms with Gasteiger partial charge in [0.25, 0.3) is 5.91 Å². The van der Waals surface area contributed by atoms with Gasteiger partial charge in [-0.3, -0.25) is 14.4 Å². The molecule has 0 bridgehead atoms. The molecule has 0 heterocycles. The maximum atomic E-state index is 12.8. The molecule has 2 N–H and O–H groups in total. The largest absolute Gasteiger partial charge is 0.468 e. The Morgan fingerprint density at radius 2 is 1.56 bits per heavy atom. The number of fused-ring (bicyclic) bond motifs is 1. The van der Waals surface area contributed by atoms with Gasteiger partial charge < -0.3 is 20.1 Å². The van der Waals surface area contributed by atoms with Gasteiger partial charge in [0.1, 0.15) is 6.54 Å². The van der Waals surface area contributed by atoms with E-state index >= 15 is 0 Å². The third kappa shape index (κ3) is 5.86. The van der Waals surface area contributed by atoms with Crippen LogP contribution in [0.15, 0.2) is 66.7 Å². The second-order valence-electron chi connectivity index (χ2n) is 7.39. The van der Waals surface area contributed by atoms with Gasteiger partial charge >= 0.3 is 11.9 Å². The predicted molar refractivity (Wildman–Crippen MR) is 128 cm³/mol. The van der Waals surface area contributed by atoms with E-state index in [4.69, 9.17) is 4.74 Å². The van der Waals surface area contributed by atoms with Crippen LogP contribution in [0.5, 0.6) is 0 Å². The molecule has 0 spiro atoms. The van der Waals surface area contributed by atoms with Crippen LogP contribution < -0.4 is 10.6 Å². The number of benzene rings is 3. The molecule has 2 amide bonds. The van der Waals surface area contributed by atoms with Gasteiger partial charge in [0.2, 0.25) is 5.91 Å². The molecule has 0 radical (unpaired) electrons. The molecule has 0 saturated heterocycles. The van der Waals surface area contributed by atoms with E-state index in [1.807, 2.05) is 49.4 Å². The minimum atomic E-state index is -0.674. The monoisotopic (exact) mass is 460 g/mol. The summed E-state index contributed by atoms with van der Waals surface area (Å²) in [6.07, 6.45) is 1.41. The van der Waals surface area contributed by atoms with Gasteiger partial charge in [-0.25, -0.2) is 4.79 Å². The molecule has 8 nitrogen and oxygen atoms in total. The van der Waals surface area contributed by atoms with Crippen molar-refractivity contribution in [3.63, 3.8) is 0 Å². The summed E-state index contributed by atoms with van der Waals surface area (Å²) >= 11 is 0. The van der Waals surface area contributed by atoms with E-state index in [-0.39, 0.29) is 23.4 Å². The number of hydrogen-bond acceptors (Lipinski definition) is 6. The number of anilines is 1. The average Bonchev–Trinajstić information content (AvgIpc) is 2.85. The Kier molecular flexibility index (Phi) is 7.76. The zero-order chi connectivity index (χ0) is 24.7. The number of ether oxygens (including phenoxy) is 2. The third-order valence-corrected chi connectivity index (χ3v) is 5.12. The maximum absolute atomic E-state index is 12.8. The first-order chi connectivity index (χ1) is 16.3. The van der Waals surface area contributed by atoms with E-state index in [2.05, 4.69) is 15.4 Å². The molecule has 3 aromatic carbocycles. The molecule has 174 valence electrons. The van der Waals surface area contributed by atoms with E-state index < -0.39 is 23.8 Å². The van der Waals surface area contributed by atoms with Gasteiger partial charge in [0, 0.05) is 11.6 Å². The molecule has 0 atom stereocenters. The number of nitrogens with one attached hydrogen (secondary N) is 2. The smallest absolute Gasteiger partial charge is 0.339 e. The number of methoxy groups -OCH3 is 2. The minimum Gasteiger partial charge on any atom is -0.468 e. The summed E-state index contributed by atoms with van der Waals surface area (Å²) in [6.45, 7) is 1.49. The standard InChI is InChI=1S/C26H24N2O6/c1-16(18-9-8-17-6-4-5-7-19(17)13-18)12-23(29)28-22-14-20(10-11-21(22)26(32)34-3)25(31)27-15-24(30)33-2/h4-14H,15H2,1-3H3,(H,27,31)(H,28,29). The lowest BCUT2D eigenvalue weighted by Crippen LogP contribution is -2.30. The van der Waals surface area contributed by atoms with Gasteiger partial charge in [-0.05, 0) is 53.1 Å². The molecule has 0 unspecified atom stereocenters. The average molecular weight is 460 g/mol. The van der Waals surface area contributed by atoms with Crippen molar-refractivity contribution in [3.8, 4) is 0 Å². The molecule has 3 rings (SSSR count). The molecule has 3 aromatic rings. The molecule has 34 heavy (non-hydrogen) atoms. The molecule has 0 aliphatic carbocycles. The van der Waals surface area contributed by atoms with E-state index in [9.17, 15) is 19.2 Å². The second-order valence-corrected chi connectivity index (χ2v) is 7.39. The van der Waals surface area contributed by atoms with Crippen molar-refractivity contribution in [2.45, 2.75) is 6.92 Å². The van der Waals surface area contributed by atoms with Gasteiger partial charge in [-0.1, -0.05) is 36.4 Å². The van der Waals surface area contributed by atoms with E-state index in [0.29, 0.717) is 0 Å². The molecule has 0 saturated carbocycles. The summed E-state index contributed by atoms with van der Waals surface area (Å²) in [6, 6.07) is 17.9. The molecule has 8 heteroatoms. The fourth-order valence-electron chi connectivity index (χ4n) is 3.29. The van der Waals surface area contributed by atoms with Gasteiger partial charge in [0.15, 0.2) is 0 Å². The lowest BCUT2D eigenvalue weighted by molar-refractivity contribution is -0.139. The molecule has 0 aliphatic rings. The fourth-order valence-corrected chi connectivity index (χ4v) is 3.29. The zero-order valence-corrected chi connectivity index (χ0v) is 19.0. The summed E-state index contributed by atoms with van der Waals surface area (Å²) in [5, 5.41) is 7.19. The van der Waals surface area contributed by atoms with Crippen molar-refractivity contribution in [2.24, 2.45) is 0 Å². The van der Waals surface area contributed by atoms with Crippen LogP contribution in [0, 0.1) is 0 Å². The highest BCUT2D eigenvalue weighted by Gasteiger charge is 2.17. The van der Waals surface area contributed by atoms with E-state index in [1.165, 1.54) is 38.5 Å². The van der Waals surface area contributed by atoms with Crippen molar-refractivity contribution >= 4 is 45.8 Å². The highest BCUT2D eigenvalue weighted by Crippen LogP contribution is 2.22. The molecule has 0 aliphatic heterocycles. The Balaban J connectivity index is 1.84. The van der Waals surface area contributed by atoms with Crippen LogP contribution in [-0.2, 0) is 19.1 Å². The van der Waals surface area contributed by atoms with Crippen LogP contribution in [0.3, 0.4) is 0 Å². The number of carbonyl (C=O) groups is 4. The van der Waals surface area contributed by atoms with Crippen molar-refractivity contribution in [1.82, 2.24) is 5.32 Å². The minimum absolute atomic E-state index is 0.0807. The van der Waals surface area contributed by atoms with Crippen LogP contribution in [0.25, 0.3) is 16.3 Å². The Bertz CT molecular complexity index is 1300. The first kappa shape index (κ1) is 24.2. The zero-order valence-electron chi connectivity index (χ0n) is 19.0. The summed E-state index contributed by atoms with van der Waals surface area (Å²) in [5.41, 5.74) is 1.91. The summed E-state index contributed by atoms with van der Waals surface area (Å²) in [4.78, 5) is 48.6. The van der Waals surface area contributed by atoms with E-state index in [1.54, 1.807) is 0 Å². The van der Waals surface area contributed by atoms with Crippen LogP contribution in [0.4, 0.5) is 5.69 Å². The first-order valence-corrected chi connectivity index (χ1v) is 10.4. The van der Waals surface area contributed by atoms with Gasteiger partial charge in [0.05, 0.1) is 25.5 Å². The number of amides is 2. The lowest BCUT2D eigenvalue weighted by atomic mass is 10.0. The summed E-state index contributed by atoms with van der Waals surface area (Å²) in [5.74, 6) is -2.34. The van der Waals surface area contributed by atoms with Gasteiger partial charge in [-0.2, -0.15) is 0 Å². The lowest BCUT2D eigenvalue weighted by Gasteiger charge is -2.12. The molecular weight excluding hydrogens is 436 g/mol. The van der Waals surface area contributed by atoms with Crippen LogP contribution >= 0.6 is 0 Å². The van der Waals surface area contributed by atoms with Crippen molar-refractivity contribution in [1.29, 1.82) is 0 Å². The second kappa shape index (κ2) is 10.9. The molecule has 0 fully saturated rings. The quantitative estimate of drug-likeness (QED) is 0.412. The predicted octanol–water partition coefficient (Wildman–Crippen LogP) is 3.57. The number of allylic oxidation sites excluding steroid dienone is 1. The fraction of sp³-hybridized carbons (Fsp3) is 0.154. The summed E-state index contributed by atoms with van der Waals surface area (Å²) in [7, 11) is 2.43. The number of hydrogen-bond donors (Lipinski definition) is 2. The Labute approximate surface area is 196 Å². The van der Waals surface area contributed by atoms with Crippen LogP contribution in [0.2, 0.25) is 0 Å². The topological polar surface area (TPSA) is 111 Å². The highest BCUT2D eigenvalue weighted by atomic mass is 16.5. The highest BCUT2D eigenvalue weighted by molar-refractivity contribution is 6.09. The van der Waals surface area contributed by atoms with Crippen molar-refractivity contribution in [2.75, 3.05) is 26.1 Å². The number of carbonyl (C=O) groups excluding carboxylic acids is 4. The normalized spacial score (nSPS) is 11.0. The SMILES string of the molecule is COC(=O)CNC(=O)c1ccc(C(=O)OC)c(NC(=O)C=C(C)c2ccc3ccccc3c2)c1. The first-order valence-electron chi connectivity index (χ1n) is 10.4. The Hall–Kier alpha value is -4.46. The molecule has 0 aromatic heterocycles. The van der Waals surface area contributed by atoms with E-state index in [0.717, 1.165) is 21.9 Å². The summed E-state index contributed by atoms with van der Waals surface area (Å²) < 4.78 is 9.27. The van der Waals surface area contributed by atoms with Gasteiger partial charge in [-0.15, -0.1) is 0 Å². The van der Waals surface area contributed by atoms with Crippen LogP contribution in [-0.4, -0.2) is 44.5 Å². The Morgan fingerprint density at radius 1 is 0.853 bits per heavy atom.